The zero-order valence-electron chi connectivity index (χ0n) is 20.2. The van der Waals surface area contributed by atoms with Crippen LogP contribution in [0.1, 0.15) is 39.5 Å². The number of carbonyl (C=O) groups is 1. The molecule has 184 valence electrons. The van der Waals surface area contributed by atoms with Crippen molar-refractivity contribution in [3.8, 4) is 5.75 Å². The van der Waals surface area contributed by atoms with Crippen LogP contribution < -0.4 is 15.2 Å². The normalized spacial score (nSPS) is 15.0. The molecule has 1 aliphatic rings. The van der Waals surface area contributed by atoms with E-state index in [0.717, 1.165) is 40.3 Å². The molecule has 0 aromatic heterocycles. The molecule has 1 aliphatic heterocycles. The molecule has 1 N–H and O–H groups in total. The Morgan fingerprint density at radius 1 is 0.973 bits per heavy atom. The summed E-state index contributed by atoms with van der Waals surface area (Å²) in [7, 11) is 1.67. The molecule has 0 saturated heterocycles. The number of halogens is 1. The third-order valence-corrected chi connectivity index (χ3v) is 6.50. The highest BCUT2D eigenvalue weighted by Gasteiger charge is 2.29. The number of nitrogens with one attached hydrogen (secondary N) is 1. The van der Waals surface area contributed by atoms with E-state index in [-0.39, 0.29) is 11.9 Å². The summed E-state index contributed by atoms with van der Waals surface area (Å²) in [5.41, 5.74) is 8.01. The van der Waals surface area contributed by atoms with Crippen LogP contribution in [0.3, 0.4) is 0 Å². The summed E-state index contributed by atoms with van der Waals surface area (Å²) in [5, 5.41) is 11.5. The first-order chi connectivity index (χ1) is 18.1. The third kappa shape index (κ3) is 5.55. The largest absolute Gasteiger partial charge is 0.497 e. The quantitative estimate of drug-likeness (QED) is 0.230. The number of benzene rings is 4. The predicted octanol–water partition coefficient (Wildman–Crippen LogP) is 6.47. The maximum atomic E-state index is 12.3. The van der Waals surface area contributed by atoms with Crippen molar-refractivity contribution in [2.24, 2.45) is 10.2 Å². The molecule has 0 spiro atoms. The summed E-state index contributed by atoms with van der Waals surface area (Å²) in [6.45, 7) is 0. The van der Waals surface area contributed by atoms with Crippen LogP contribution in [0.4, 0.5) is 5.69 Å². The Morgan fingerprint density at radius 2 is 1.68 bits per heavy atom. The van der Waals surface area contributed by atoms with E-state index in [4.69, 9.17) is 21.4 Å². The van der Waals surface area contributed by atoms with Gasteiger partial charge in [0, 0.05) is 6.42 Å². The van der Waals surface area contributed by atoms with E-state index in [1.165, 1.54) is 0 Å². The molecule has 6 nitrogen and oxygen atoms in total. The maximum absolute atomic E-state index is 12.3. The minimum Gasteiger partial charge on any atom is -0.497 e. The van der Waals surface area contributed by atoms with Crippen molar-refractivity contribution in [3.05, 3.63) is 130 Å². The van der Waals surface area contributed by atoms with Gasteiger partial charge in [-0.3, -0.25) is 9.80 Å². The van der Waals surface area contributed by atoms with Crippen LogP contribution >= 0.6 is 11.6 Å². The number of rotatable bonds is 7. The molecule has 1 atom stereocenters. The first kappa shape index (κ1) is 24.3. The van der Waals surface area contributed by atoms with Gasteiger partial charge in [-0.25, -0.2) is 5.43 Å². The Bertz CT molecular complexity index is 1430. The monoisotopic (exact) mass is 508 g/mol. The smallest absolute Gasteiger partial charge is 0.272 e. The zero-order chi connectivity index (χ0) is 25.6. The number of hydrogen-bond donors (Lipinski definition) is 1. The van der Waals surface area contributed by atoms with Gasteiger partial charge in [0.15, 0.2) is 0 Å². The molecule has 7 heteroatoms. The molecular weight excluding hydrogens is 484 g/mol. The fraction of sp³-hybridized carbons (Fsp3) is 0.100. The van der Waals surface area contributed by atoms with E-state index in [1.807, 2.05) is 54.6 Å². The number of hydrazone groups is 2. The lowest BCUT2D eigenvalue weighted by Crippen LogP contribution is -2.18. The second-order valence-corrected chi connectivity index (χ2v) is 8.93. The lowest BCUT2D eigenvalue weighted by molar-refractivity contribution is 0.0955. The maximum Gasteiger partial charge on any atom is 0.272 e. The summed E-state index contributed by atoms with van der Waals surface area (Å²) in [6.07, 6.45) is 2.38. The molecule has 1 unspecified atom stereocenters. The fourth-order valence-corrected chi connectivity index (χ4v) is 4.44. The van der Waals surface area contributed by atoms with E-state index in [0.29, 0.717) is 10.6 Å². The van der Waals surface area contributed by atoms with E-state index in [2.05, 4.69) is 39.8 Å². The molecule has 1 amide bonds. The Kier molecular flexibility index (Phi) is 7.28. The van der Waals surface area contributed by atoms with Crippen molar-refractivity contribution >= 4 is 35.1 Å². The third-order valence-electron chi connectivity index (χ3n) is 6.17. The van der Waals surface area contributed by atoms with Crippen molar-refractivity contribution in [1.29, 1.82) is 0 Å². The van der Waals surface area contributed by atoms with Crippen LogP contribution in [0.25, 0.3) is 0 Å². The lowest BCUT2D eigenvalue weighted by atomic mass is 9.98. The van der Waals surface area contributed by atoms with Gasteiger partial charge >= 0.3 is 0 Å². The number of amides is 1. The molecule has 0 bridgehead atoms. The standard InChI is InChI=1S/C30H25ClN4O2/c1-37-25-17-13-23(14-18-25)29-19-28(22-7-3-2-4-8-22)34-35(29)24-15-11-21(12-16-24)20-32-33-30(36)26-9-5-6-10-27(26)31/h2-18,20,29H,19H2,1H3,(H,33,36)/b32-20+. The number of anilines is 1. The zero-order valence-corrected chi connectivity index (χ0v) is 21.0. The lowest BCUT2D eigenvalue weighted by Gasteiger charge is -2.24. The molecule has 5 rings (SSSR count). The highest BCUT2D eigenvalue weighted by molar-refractivity contribution is 6.33. The van der Waals surface area contributed by atoms with Gasteiger partial charge in [-0.1, -0.05) is 78.3 Å². The Labute approximate surface area is 220 Å². The van der Waals surface area contributed by atoms with Gasteiger partial charge in [0.25, 0.3) is 5.91 Å². The molecule has 0 saturated carbocycles. The molecule has 4 aromatic carbocycles. The van der Waals surface area contributed by atoms with Gasteiger partial charge < -0.3 is 4.74 Å². The Morgan fingerprint density at radius 3 is 2.38 bits per heavy atom. The minimum absolute atomic E-state index is 0.0514. The first-order valence-corrected chi connectivity index (χ1v) is 12.2. The summed E-state index contributed by atoms with van der Waals surface area (Å²) in [4.78, 5) is 12.3. The first-order valence-electron chi connectivity index (χ1n) is 11.9. The van der Waals surface area contributed by atoms with Crippen molar-refractivity contribution < 1.29 is 9.53 Å². The predicted molar refractivity (Wildman–Crippen MR) is 149 cm³/mol. The van der Waals surface area contributed by atoms with E-state index < -0.39 is 0 Å². The van der Waals surface area contributed by atoms with Gasteiger partial charge in [-0.15, -0.1) is 0 Å². The second kappa shape index (κ2) is 11.1. The topological polar surface area (TPSA) is 66.3 Å². The van der Waals surface area contributed by atoms with Crippen LogP contribution in [-0.2, 0) is 0 Å². The summed E-state index contributed by atoms with van der Waals surface area (Å²) in [5.74, 6) is 0.461. The average Bonchev–Trinajstić information content (AvgIpc) is 3.40. The SMILES string of the molecule is COc1ccc(C2CC(c3ccccc3)=NN2c2ccc(/C=N/NC(=O)c3ccccc3Cl)cc2)cc1. The van der Waals surface area contributed by atoms with Crippen LogP contribution in [-0.4, -0.2) is 24.9 Å². The minimum atomic E-state index is -0.361. The van der Waals surface area contributed by atoms with Crippen molar-refractivity contribution in [2.45, 2.75) is 12.5 Å². The van der Waals surface area contributed by atoms with Crippen LogP contribution in [0.15, 0.2) is 113 Å². The summed E-state index contributed by atoms with van der Waals surface area (Å²) < 4.78 is 5.34. The number of carbonyl (C=O) groups excluding carboxylic acids is 1. The van der Waals surface area contributed by atoms with Crippen LogP contribution in [0.2, 0.25) is 5.02 Å². The van der Waals surface area contributed by atoms with Crippen LogP contribution in [0.5, 0.6) is 5.75 Å². The summed E-state index contributed by atoms with van der Waals surface area (Å²) >= 11 is 6.08. The van der Waals surface area contributed by atoms with Crippen molar-refractivity contribution in [1.82, 2.24) is 5.43 Å². The summed E-state index contributed by atoms with van der Waals surface area (Å²) in [6, 6.07) is 33.2. The average molecular weight is 509 g/mol. The van der Waals surface area contributed by atoms with Gasteiger partial charge in [-0.2, -0.15) is 10.2 Å². The van der Waals surface area contributed by atoms with E-state index >= 15 is 0 Å². The molecule has 37 heavy (non-hydrogen) atoms. The number of nitrogens with zero attached hydrogens (tertiary/aromatic N) is 3. The number of hydrogen-bond acceptors (Lipinski definition) is 5. The molecule has 4 aromatic rings. The van der Waals surface area contributed by atoms with Gasteiger partial charge in [0.05, 0.1) is 41.4 Å². The van der Waals surface area contributed by atoms with E-state index in [9.17, 15) is 4.79 Å². The Hall–Kier alpha value is -4.42. The van der Waals surface area contributed by atoms with Gasteiger partial charge in [-0.05, 0) is 53.1 Å². The second-order valence-electron chi connectivity index (χ2n) is 8.52. The number of methoxy groups -OCH3 is 1. The Balaban J connectivity index is 1.35. The highest BCUT2D eigenvalue weighted by atomic mass is 35.5. The molecule has 0 radical (unpaired) electrons. The van der Waals surface area contributed by atoms with Gasteiger partial charge in [0.2, 0.25) is 0 Å². The molecule has 0 aliphatic carbocycles. The van der Waals surface area contributed by atoms with Crippen molar-refractivity contribution in [3.63, 3.8) is 0 Å². The number of ether oxygens (including phenoxy) is 1. The van der Waals surface area contributed by atoms with Crippen LogP contribution in [0, 0.1) is 0 Å². The molecule has 0 fully saturated rings. The molecule has 1 heterocycles. The fourth-order valence-electron chi connectivity index (χ4n) is 4.22. The molecular formula is C30H25ClN4O2. The van der Waals surface area contributed by atoms with Crippen molar-refractivity contribution in [2.75, 3.05) is 12.1 Å². The highest BCUT2D eigenvalue weighted by Crippen LogP contribution is 2.37. The van der Waals surface area contributed by atoms with Gasteiger partial charge in [0.1, 0.15) is 5.75 Å². The van der Waals surface area contributed by atoms with E-state index in [1.54, 1.807) is 37.6 Å².